The molecule has 0 aliphatic heterocycles. The first-order valence-electron chi connectivity index (χ1n) is 11.1. The SMILES string of the molecule is CCC(C)NC(=O)c1ccc2c(=O)n(C(C)C)c3nn(Cc4c(F)cccc4Cl)c(=O)n3c2c1. The van der Waals surface area contributed by atoms with Crippen LogP contribution < -0.4 is 16.6 Å². The van der Waals surface area contributed by atoms with Crippen LogP contribution in [-0.4, -0.2) is 30.7 Å². The van der Waals surface area contributed by atoms with E-state index in [-0.39, 0.29) is 57.4 Å². The summed E-state index contributed by atoms with van der Waals surface area (Å²) >= 11 is 6.15. The van der Waals surface area contributed by atoms with E-state index in [1.54, 1.807) is 26.0 Å². The summed E-state index contributed by atoms with van der Waals surface area (Å²) in [5.74, 6) is -0.771. The maximum atomic E-state index is 14.4. The third-order valence-corrected chi connectivity index (χ3v) is 6.22. The summed E-state index contributed by atoms with van der Waals surface area (Å²) in [6.45, 7) is 7.24. The molecule has 0 saturated heterocycles. The fourth-order valence-corrected chi connectivity index (χ4v) is 4.06. The highest BCUT2D eigenvalue weighted by molar-refractivity contribution is 6.31. The van der Waals surface area contributed by atoms with Gasteiger partial charge in [0.15, 0.2) is 0 Å². The van der Waals surface area contributed by atoms with Crippen molar-refractivity contribution in [2.24, 2.45) is 0 Å². The predicted octanol–water partition coefficient (Wildman–Crippen LogP) is 3.76. The summed E-state index contributed by atoms with van der Waals surface area (Å²) in [4.78, 5) is 39.4. The first-order chi connectivity index (χ1) is 16.1. The Morgan fingerprint density at radius 2 is 1.91 bits per heavy atom. The molecule has 34 heavy (non-hydrogen) atoms. The second-order valence-electron chi connectivity index (χ2n) is 8.56. The Kier molecular flexibility index (Phi) is 6.31. The van der Waals surface area contributed by atoms with E-state index in [9.17, 15) is 18.8 Å². The Hall–Kier alpha value is -3.46. The molecule has 0 aliphatic rings. The summed E-state index contributed by atoms with van der Waals surface area (Å²) in [6.07, 6.45) is 0.757. The molecule has 10 heteroatoms. The summed E-state index contributed by atoms with van der Waals surface area (Å²) in [7, 11) is 0. The van der Waals surface area contributed by atoms with E-state index in [1.807, 2.05) is 13.8 Å². The Labute approximate surface area is 199 Å². The van der Waals surface area contributed by atoms with Gasteiger partial charge in [-0.3, -0.25) is 14.2 Å². The van der Waals surface area contributed by atoms with Crippen LogP contribution in [0.25, 0.3) is 16.7 Å². The van der Waals surface area contributed by atoms with Gasteiger partial charge in [-0.25, -0.2) is 18.3 Å². The number of carbonyl (C=O) groups excluding carboxylic acids is 1. The quantitative estimate of drug-likeness (QED) is 0.450. The van der Waals surface area contributed by atoms with Gasteiger partial charge in [-0.1, -0.05) is 24.6 Å². The van der Waals surface area contributed by atoms with Crippen LogP contribution in [0, 0.1) is 5.82 Å². The van der Waals surface area contributed by atoms with Crippen molar-refractivity contribution in [3.8, 4) is 0 Å². The third-order valence-electron chi connectivity index (χ3n) is 5.86. The molecule has 8 nitrogen and oxygen atoms in total. The first kappa shape index (κ1) is 23.7. The number of aromatic nitrogens is 4. The topological polar surface area (TPSA) is 90.4 Å². The predicted molar refractivity (Wildman–Crippen MR) is 129 cm³/mol. The number of fused-ring (bicyclic) bond motifs is 3. The number of halogens is 2. The number of hydrogen-bond acceptors (Lipinski definition) is 4. The van der Waals surface area contributed by atoms with E-state index >= 15 is 0 Å². The van der Waals surface area contributed by atoms with Gasteiger partial charge in [0, 0.05) is 28.2 Å². The largest absolute Gasteiger partial charge is 0.352 e. The second kappa shape index (κ2) is 9.06. The summed E-state index contributed by atoms with van der Waals surface area (Å²) in [6, 6.07) is 8.53. The number of amides is 1. The van der Waals surface area contributed by atoms with Crippen molar-refractivity contribution in [3.05, 3.63) is 79.2 Å². The van der Waals surface area contributed by atoms with Crippen LogP contribution in [0.4, 0.5) is 4.39 Å². The van der Waals surface area contributed by atoms with E-state index in [2.05, 4.69) is 10.4 Å². The fraction of sp³-hybridized carbons (Fsp3) is 0.333. The van der Waals surface area contributed by atoms with Crippen LogP contribution in [0.3, 0.4) is 0 Å². The number of benzene rings is 2. The molecule has 1 amide bonds. The molecule has 178 valence electrons. The lowest BCUT2D eigenvalue weighted by Crippen LogP contribution is -2.32. The van der Waals surface area contributed by atoms with Gasteiger partial charge >= 0.3 is 5.69 Å². The number of rotatable bonds is 6. The standard InChI is InChI=1S/C24H25ClFN5O3/c1-5-14(4)27-21(32)15-9-10-16-20(11-15)31-23(30(13(2)3)22(16)33)28-29(24(31)34)12-17-18(25)7-6-8-19(17)26/h6-11,13-14H,5,12H2,1-4H3,(H,27,32). The molecule has 2 aromatic carbocycles. The Morgan fingerprint density at radius 3 is 2.56 bits per heavy atom. The van der Waals surface area contributed by atoms with Crippen LogP contribution in [-0.2, 0) is 6.54 Å². The van der Waals surface area contributed by atoms with Gasteiger partial charge in [0.25, 0.3) is 11.5 Å². The minimum absolute atomic E-state index is 0.0341. The first-order valence-corrected chi connectivity index (χ1v) is 11.4. The van der Waals surface area contributed by atoms with Gasteiger partial charge in [-0.15, -0.1) is 5.10 Å². The van der Waals surface area contributed by atoms with Gasteiger partial charge in [0.05, 0.1) is 17.4 Å². The lowest BCUT2D eigenvalue weighted by Gasteiger charge is -2.14. The lowest BCUT2D eigenvalue weighted by atomic mass is 10.1. The maximum absolute atomic E-state index is 14.4. The monoisotopic (exact) mass is 485 g/mol. The van der Waals surface area contributed by atoms with Crippen molar-refractivity contribution in [3.63, 3.8) is 0 Å². The second-order valence-corrected chi connectivity index (χ2v) is 8.97. The van der Waals surface area contributed by atoms with Crippen molar-refractivity contribution >= 4 is 34.2 Å². The van der Waals surface area contributed by atoms with Crippen LogP contribution in [0.2, 0.25) is 5.02 Å². The minimum atomic E-state index is -0.576. The van der Waals surface area contributed by atoms with Crippen LogP contribution in [0.15, 0.2) is 46.0 Å². The zero-order chi connectivity index (χ0) is 24.7. The highest BCUT2D eigenvalue weighted by Gasteiger charge is 2.21. The molecule has 0 spiro atoms. The van der Waals surface area contributed by atoms with Crippen LogP contribution in [0.1, 0.15) is 56.1 Å². The average molecular weight is 486 g/mol. The summed E-state index contributed by atoms with van der Waals surface area (Å²) in [5, 5.41) is 7.68. The van der Waals surface area contributed by atoms with E-state index in [4.69, 9.17) is 11.6 Å². The van der Waals surface area contributed by atoms with Gasteiger partial charge in [0.2, 0.25) is 5.78 Å². The van der Waals surface area contributed by atoms with Crippen molar-refractivity contribution in [2.45, 2.75) is 52.7 Å². The number of nitrogens with one attached hydrogen (secondary N) is 1. The maximum Gasteiger partial charge on any atom is 0.352 e. The molecule has 0 radical (unpaired) electrons. The van der Waals surface area contributed by atoms with Crippen molar-refractivity contribution < 1.29 is 9.18 Å². The lowest BCUT2D eigenvalue weighted by molar-refractivity contribution is 0.0939. The molecular weight excluding hydrogens is 461 g/mol. The molecule has 1 N–H and O–H groups in total. The molecule has 4 rings (SSSR count). The molecule has 0 saturated carbocycles. The zero-order valence-electron chi connectivity index (χ0n) is 19.3. The third kappa shape index (κ3) is 4.00. The Bertz CT molecular complexity index is 1520. The normalized spacial score (nSPS) is 12.6. The molecule has 2 aromatic heterocycles. The van der Waals surface area contributed by atoms with E-state index < -0.39 is 11.5 Å². The van der Waals surface area contributed by atoms with Crippen molar-refractivity contribution in [1.29, 1.82) is 0 Å². The molecule has 0 aliphatic carbocycles. The molecular formula is C24H25ClFN5O3. The molecule has 4 aromatic rings. The number of hydrogen-bond donors (Lipinski definition) is 1. The zero-order valence-corrected chi connectivity index (χ0v) is 20.1. The van der Waals surface area contributed by atoms with Crippen LogP contribution >= 0.6 is 11.6 Å². The summed E-state index contributed by atoms with van der Waals surface area (Å²) < 4.78 is 18.1. The molecule has 1 unspecified atom stereocenters. The van der Waals surface area contributed by atoms with Gasteiger partial charge in [0.1, 0.15) is 5.82 Å². The van der Waals surface area contributed by atoms with E-state index in [0.29, 0.717) is 5.56 Å². The minimum Gasteiger partial charge on any atom is -0.350 e. The van der Waals surface area contributed by atoms with E-state index in [0.717, 1.165) is 11.1 Å². The smallest absolute Gasteiger partial charge is 0.350 e. The van der Waals surface area contributed by atoms with Crippen molar-refractivity contribution in [2.75, 3.05) is 0 Å². The Balaban J connectivity index is 1.99. The summed E-state index contributed by atoms with van der Waals surface area (Å²) in [5.41, 5.74) is -0.233. The molecule has 0 bridgehead atoms. The highest BCUT2D eigenvalue weighted by atomic mass is 35.5. The van der Waals surface area contributed by atoms with Gasteiger partial charge < -0.3 is 5.32 Å². The molecule has 2 heterocycles. The highest BCUT2D eigenvalue weighted by Crippen LogP contribution is 2.21. The average Bonchev–Trinajstić information content (AvgIpc) is 3.11. The van der Waals surface area contributed by atoms with Crippen molar-refractivity contribution in [1.82, 2.24) is 24.1 Å². The number of nitrogens with zero attached hydrogens (tertiary/aromatic N) is 4. The van der Waals surface area contributed by atoms with E-state index in [1.165, 1.54) is 33.2 Å². The molecule has 1 atom stereocenters. The van der Waals surface area contributed by atoms with Gasteiger partial charge in [-0.2, -0.15) is 0 Å². The molecule has 0 fully saturated rings. The van der Waals surface area contributed by atoms with Crippen LogP contribution in [0.5, 0.6) is 0 Å². The Morgan fingerprint density at radius 1 is 1.18 bits per heavy atom. The van der Waals surface area contributed by atoms with Gasteiger partial charge in [-0.05, 0) is 57.5 Å². The number of carbonyl (C=O) groups is 1. The fourth-order valence-electron chi connectivity index (χ4n) is 3.83.